The molecule has 1 atom stereocenters. The Morgan fingerprint density at radius 3 is 3.12 bits per heavy atom. The average Bonchev–Trinajstić information content (AvgIpc) is 2.38. The molecule has 3 rings (SSSR count). The summed E-state index contributed by atoms with van der Waals surface area (Å²) in [5.41, 5.74) is 8.42. The molecule has 0 spiro atoms. The van der Waals surface area contributed by atoms with Crippen LogP contribution in [0.25, 0.3) is 10.9 Å². The molecule has 0 saturated heterocycles. The first-order valence-electron chi connectivity index (χ1n) is 5.68. The van der Waals surface area contributed by atoms with E-state index < -0.39 is 0 Å². The number of aryl methyl sites for hydroxylation is 1. The topological polar surface area (TPSA) is 68.0 Å². The summed E-state index contributed by atoms with van der Waals surface area (Å²) in [5, 5.41) is 4.28. The zero-order valence-corrected chi connectivity index (χ0v) is 9.31. The first-order valence-corrected chi connectivity index (χ1v) is 5.68. The largest absolute Gasteiger partial charge is 0.372 e. The predicted octanol–water partition coefficient (Wildman–Crippen LogP) is 1.45. The maximum atomic E-state index is 11.2. The Morgan fingerprint density at radius 2 is 2.29 bits per heavy atom. The number of carbonyl (C=O) groups is 1. The minimum absolute atomic E-state index is 0.282. The van der Waals surface area contributed by atoms with Crippen molar-refractivity contribution in [3.8, 4) is 0 Å². The number of hydrogen-bond donors (Lipinski definition) is 2. The Morgan fingerprint density at radius 1 is 1.41 bits per heavy atom. The SMILES string of the molecule is NC(=O)C1CCc2ccc3cccnc3c2N1. The molecule has 86 valence electrons. The lowest BCUT2D eigenvalue weighted by atomic mass is 9.96. The molecule has 1 aliphatic heterocycles. The van der Waals surface area contributed by atoms with Crippen LogP contribution in [0.3, 0.4) is 0 Å². The molecule has 0 fully saturated rings. The maximum Gasteiger partial charge on any atom is 0.239 e. The van der Waals surface area contributed by atoms with Crippen molar-refractivity contribution < 1.29 is 4.79 Å². The highest BCUT2D eigenvalue weighted by atomic mass is 16.1. The van der Waals surface area contributed by atoms with Crippen LogP contribution in [-0.2, 0) is 11.2 Å². The van der Waals surface area contributed by atoms with Crippen LogP contribution in [0.15, 0.2) is 30.5 Å². The van der Waals surface area contributed by atoms with E-state index >= 15 is 0 Å². The summed E-state index contributed by atoms with van der Waals surface area (Å²) in [4.78, 5) is 15.6. The van der Waals surface area contributed by atoms with Crippen molar-refractivity contribution >= 4 is 22.5 Å². The van der Waals surface area contributed by atoms with Gasteiger partial charge in [0.25, 0.3) is 0 Å². The van der Waals surface area contributed by atoms with Crippen molar-refractivity contribution in [1.82, 2.24) is 4.98 Å². The van der Waals surface area contributed by atoms with Crippen LogP contribution in [0.1, 0.15) is 12.0 Å². The molecular weight excluding hydrogens is 214 g/mol. The molecule has 17 heavy (non-hydrogen) atoms. The van der Waals surface area contributed by atoms with E-state index in [0.717, 1.165) is 29.4 Å². The number of fused-ring (bicyclic) bond motifs is 3. The van der Waals surface area contributed by atoms with Gasteiger partial charge in [-0.1, -0.05) is 18.2 Å². The monoisotopic (exact) mass is 227 g/mol. The van der Waals surface area contributed by atoms with Gasteiger partial charge in [0, 0.05) is 11.6 Å². The number of primary amides is 1. The van der Waals surface area contributed by atoms with Gasteiger partial charge in [-0.2, -0.15) is 0 Å². The van der Waals surface area contributed by atoms with Crippen LogP contribution in [0, 0.1) is 0 Å². The Bertz CT molecular complexity index is 594. The second-order valence-corrected chi connectivity index (χ2v) is 4.31. The number of carbonyl (C=O) groups excluding carboxylic acids is 1. The number of aromatic nitrogens is 1. The summed E-state index contributed by atoms with van der Waals surface area (Å²) in [6, 6.07) is 7.79. The fraction of sp³-hybridized carbons (Fsp3) is 0.231. The van der Waals surface area contributed by atoms with Gasteiger partial charge in [0.15, 0.2) is 0 Å². The third-order valence-electron chi connectivity index (χ3n) is 3.23. The van der Waals surface area contributed by atoms with E-state index in [1.807, 2.05) is 12.1 Å². The second kappa shape index (κ2) is 3.73. The van der Waals surface area contributed by atoms with Crippen LogP contribution in [0.5, 0.6) is 0 Å². The Labute approximate surface area is 98.8 Å². The van der Waals surface area contributed by atoms with Gasteiger partial charge < -0.3 is 11.1 Å². The number of anilines is 1. The molecule has 1 aliphatic rings. The fourth-order valence-electron chi connectivity index (χ4n) is 2.32. The van der Waals surface area contributed by atoms with E-state index in [4.69, 9.17) is 5.73 Å². The van der Waals surface area contributed by atoms with Crippen LogP contribution in [0.2, 0.25) is 0 Å². The second-order valence-electron chi connectivity index (χ2n) is 4.31. The fourth-order valence-corrected chi connectivity index (χ4v) is 2.32. The van der Waals surface area contributed by atoms with E-state index in [1.54, 1.807) is 6.20 Å². The molecule has 3 N–H and O–H groups in total. The molecule has 0 radical (unpaired) electrons. The number of nitrogens with zero attached hydrogens (tertiary/aromatic N) is 1. The third-order valence-corrected chi connectivity index (χ3v) is 3.23. The van der Waals surface area contributed by atoms with E-state index in [1.165, 1.54) is 5.56 Å². The lowest BCUT2D eigenvalue weighted by molar-refractivity contribution is -0.118. The van der Waals surface area contributed by atoms with Crippen LogP contribution < -0.4 is 11.1 Å². The number of hydrogen-bond acceptors (Lipinski definition) is 3. The minimum atomic E-state index is -0.302. The molecule has 1 aromatic carbocycles. The van der Waals surface area contributed by atoms with E-state index in [2.05, 4.69) is 22.4 Å². The van der Waals surface area contributed by atoms with Crippen molar-refractivity contribution in [2.24, 2.45) is 5.73 Å². The highest BCUT2D eigenvalue weighted by molar-refractivity contribution is 5.95. The molecule has 4 heteroatoms. The quantitative estimate of drug-likeness (QED) is 0.774. The number of pyridine rings is 1. The normalized spacial score (nSPS) is 18.5. The van der Waals surface area contributed by atoms with Crippen molar-refractivity contribution in [2.75, 3.05) is 5.32 Å². The Kier molecular flexibility index (Phi) is 2.21. The first-order chi connectivity index (χ1) is 8.25. The number of nitrogens with two attached hydrogens (primary N) is 1. The highest BCUT2D eigenvalue weighted by Crippen LogP contribution is 2.31. The standard InChI is InChI=1S/C13H13N3O/c14-13(17)10-6-5-9-4-3-8-2-1-7-15-11(8)12(9)16-10/h1-4,7,10,16H,5-6H2,(H2,14,17). The lowest BCUT2D eigenvalue weighted by Gasteiger charge is -2.25. The van der Waals surface area contributed by atoms with Gasteiger partial charge in [-0.15, -0.1) is 0 Å². The Balaban J connectivity index is 2.15. The molecule has 0 saturated carbocycles. The zero-order valence-electron chi connectivity index (χ0n) is 9.31. The Hall–Kier alpha value is -2.10. The predicted molar refractivity (Wildman–Crippen MR) is 66.7 cm³/mol. The molecule has 0 aliphatic carbocycles. The summed E-state index contributed by atoms with van der Waals surface area (Å²) in [5.74, 6) is -0.302. The van der Waals surface area contributed by atoms with Gasteiger partial charge in [0.05, 0.1) is 11.2 Å². The van der Waals surface area contributed by atoms with E-state index in [-0.39, 0.29) is 11.9 Å². The van der Waals surface area contributed by atoms with Crippen LogP contribution in [0.4, 0.5) is 5.69 Å². The van der Waals surface area contributed by atoms with Crippen LogP contribution >= 0.6 is 0 Å². The molecule has 1 aromatic heterocycles. The molecule has 4 nitrogen and oxygen atoms in total. The number of amides is 1. The maximum absolute atomic E-state index is 11.2. The summed E-state index contributed by atoms with van der Waals surface area (Å²) >= 11 is 0. The lowest BCUT2D eigenvalue weighted by Crippen LogP contribution is -2.38. The number of nitrogens with one attached hydrogen (secondary N) is 1. The number of rotatable bonds is 1. The molecule has 1 unspecified atom stereocenters. The van der Waals surface area contributed by atoms with Gasteiger partial charge in [0.1, 0.15) is 6.04 Å². The summed E-state index contributed by atoms with van der Waals surface area (Å²) < 4.78 is 0. The minimum Gasteiger partial charge on any atom is -0.372 e. The van der Waals surface area contributed by atoms with E-state index in [0.29, 0.717) is 0 Å². The molecule has 0 bridgehead atoms. The van der Waals surface area contributed by atoms with Gasteiger partial charge in [0.2, 0.25) is 5.91 Å². The van der Waals surface area contributed by atoms with Crippen LogP contribution in [-0.4, -0.2) is 16.9 Å². The molecule has 2 heterocycles. The van der Waals surface area contributed by atoms with Crippen molar-refractivity contribution in [3.05, 3.63) is 36.0 Å². The van der Waals surface area contributed by atoms with Gasteiger partial charge in [-0.25, -0.2) is 0 Å². The molecule has 2 aromatic rings. The van der Waals surface area contributed by atoms with Gasteiger partial charge in [-0.05, 0) is 24.5 Å². The molecule has 1 amide bonds. The molecular formula is C13H13N3O. The van der Waals surface area contributed by atoms with Gasteiger partial charge >= 0.3 is 0 Å². The van der Waals surface area contributed by atoms with Crippen molar-refractivity contribution in [1.29, 1.82) is 0 Å². The smallest absolute Gasteiger partial charge is 0.239 e. The summed E-state index contributed by atoms with van der Waals surface area (Å²) in [6.45, 7) is 0. The average molecular weight is 227 g/mol. The summed E-state index contributed by atoms with van der Waals surface area (Å²) in [6.07, 6.45) is 3.38. The first kappa shape index (κ1) is 10.1. The highest BCUT2D eigenvalue weighted by Gasteiger charge is 2.23. The van der Waals surface area contributed by atoms with Crippen molar-refractivity contribution in [2.45, 2.75) is 18.9 Å². The van der Waals surface area contributed by atoms with E-state index in [9.17, 15) is 4.79 Å². The summed E-state index contributed by atoms with van der Waals surface area (Å²) in [7, 11) is 0. The number of benzene rings is 1. The third kappa shape index (κ3) is 1.62. The van der Waals surface area contributed by atoms with Gasteiger partial charge in [-0.3, -0.25) is 9.78 Å². The van der Waals surface area contributed by atoms with Crippen molar-refractivity contribution in [3.63, 3.8) is 0 Å². The zero-order chi connectivity index (χ0) is 11.8.